The number of urea groups is 1. The molecule has 0 radical (unpaired) electrons. The molecular weight excluding hydrogens is 454 g/mol. The molecule has 2 N–H and O–H groups in total. The Labute approximate surface area is 179 Å². The number of carbonyl (C=O) groups excluding carboxylic acids is 1. The molecule has 2 aromatic carbocycles. The number of rotatable bonds is 5. The zero-order valence-corrected chi connectivity index (χ0v) is 16.8. The van der Waals surface area contributed by atoms with Gasteiger partial charge in [-0.1, -0.05) is 6.07 Å². The summed E-state index contributed by atoms with van der Waals surface area (Å²) in [7, 11) is -4.29. The Morgan fingerprint density at radius 2 is 1.69 bits per heavy atom. The first kappa shape index (κ1) is 21.6. The summed E-state index contributed by atoms with van der Waals surface area (Å²) in [5, 5.41) is 5.02. The van der Waals surface area contributed by atoms with Crippen molar-refractivity contribution in [2.45, 2.75) is 17.2 Å². The number of halogens is 4. The van der Waals surface area contributed by atoms with E-state index in [1.54, 1.807) is 0 Å². The number of benzene rings is 2. The van der Waals surface area contributed by atoms with Crippen molar-refractivity contribution in [3.63, 3.8) is 0 Å². The van der Waals surface area contributed by atoms with Crippen molar-refractivity contribution in [3.8, 4) is 11.5 Å². The number of ether oxygens (including phenoxy) is 1. The van der Waals surface area contributed by atoms with E-state index < -0.39 is 49.8 Å². The summed E-state index contributed by atoms with van der Waals surface area (Å²) < 4.78 is 84.9. The monoisotopic (exact) mass is 467 g/mol. The number of fused-ring (bicyclic) bond motifs is 1. The first-order chi connectivity index (χ1) is 15.1. The molecule has 0 fully saturated rings. The molecule has 0 bridgehead atoms. The van der Waals surface area contributed by atoms with Crippen molar-refractivity contribution in [1.82, 2.24) is 10.3 Å². The average molecular weight is 467 g/mol. The number of anilines is 1. The minimum absolute atomic E-state index is 0.0225. The van der Waals surface area contributed by atoms with E-state index in [2.05, 4.69) is 15.6 Å². The van der Waals surface area contributed by atoms with Crippen LogP contribution in [0.25, 0.3) is 0 Å². The summed E-state index contributed by atoms with van der Waals surface area (Å²) in [6, 6.07) is 5.10. The van der Waals surface area contributed by atoms with Crippen molar-refractivity contribution in [2.75, 3.05) is 5.32 Å². The molecule has 3 aromatic rings. The highest BCUT2D eigenvalue weighted by Gasteiger charge is 2.23. The van der Waals surface area contributed by atoms with Crippen LogP contribution in [0, 0.1) is 23.3 Å². The molecule has 7 nitrogen and oxygen atoms in total. The average Bonchev–Trinajstić information content (AvgIpc) is 2.73. The maximum atomic E-state index is 14.6. The Morgan fingerprint density at radius 3 is 2.38 bits per heavy atom. The molecule has 4 rings (SSSR count). The van der Waals surface area contributed by atoms with Gasteiger partial charge in [0.1, 0.15) is 11.6 Å². The number of sulfone groups is 1. The highest BCUT2D eigenvalue weighted by Crippen LogP contribution is 2.32. The fourth-order valence-corrected chi connectivity index (χ4v) is 4.37. The molecule has 2 heterocycles. The third-order valence-electron chi connectivity index (χ3n) is 4.56. The lowest BCUT2D eigenvalue weighted by atomic mass is 10.2. The Balaban J connectivity index is 1.57. The lowest BCUT2D eigenvalue weighted by Gasteiger charge is -2.20. The predicted molar refractivity (Wildman–Crippen MR) is 104 cm³/mol. The van der Waals surface area contributed by atoms with E-state index in [-0.39, 0.29) is 29.4 Å². The molecule has 0 saturated carbocycles. The predicted octanol–water partition coefficient (Wildman–Crippen LogP) is 4.04. The number of nitrogens with one attached hydrogen (secondary N) is 2. The molecule has 2 amide bonds. The minimum Gasteiger partial charge on any atom is -0.454 e. The van der Waals surface area contributed by atoms with Gasteiger partial charge in [0.05, 0.1) is 22.8 Å². The number of aromatic nitrogens is 1. The molecule has 1 aliphatic heterocycles. The Morgan fingerprint density at radius 1 is 0.969 bits per heavy atom. The number of pyridine rings is 1. The van der Waals surface area contributed by atoms with Crippen molar-refractivity contribution >= 4 is 21.7 Å². The standard InChI is InChI=1S/C20H13F4N3O4S/c21-13-5-10(9-32(29,30)11-6-14(22)18(24)15(23)7-11)1-2-17(13)31-16-3-4-25-19-12(16)8-26-20(28)27-19/h1-7H,8-9H2,(H2,25,26,27,28). The third-order valence-corrected chi connectivity index (χ3v) is 6.23. The van der Waals surface area contributed by atoms with Gasteiger partial charge in [-0.2, -0.15) is 0 Å². The van der Waals surface area contributed by atoms with Crippen LogP contribution in [0.2, 0.25) is 0 Å². The minimum atomic E-state index is -4.29. The van der Waals surface area contributed by atoms with Gasteiger partial charge in [0, 0.05) is 6.20 Å². The van der Waals surface area contributed by atoms with E-state index in [9.17, 15) is 30.8 Å². The van der Waals surface area contributed by atoms with E-state index >= 15 is 0 Å². The van der Waals surface area contributed by atoms with E-state index in [0.717, 1.165) is 6.07 Å². The molecule has 1 aliphatic rings. The zero-order valence-electron chi connectivity index (χ0n) is 16.0. The number of hydrogen-bond donors (Lipinski definition) is 2. The fourth-order valence-electron chi connectivity index (χ4n) is 3.02. The molecular formula is C20H13F4N3O4S. The van der Waals surface area contributed by atoms with Gasteiger partial charge >= 0.3 is 6.03 Å². The first-order valence-electron chi connectivity index (χ1n) is 9.00. The van der Waals surface area contributed by atoms with E-state index in [0.29, 0.717) is 17.7 Å². The summed E-state index contributed by atoms with van der Waals surface area (Å²) >= 11 is 0. The van der Waals surface area contributed by atoms with Crippen LogP contribution in [0.3, 0.4) is 0 Å². The van der Waals surface area contributed by atoms with Crippen molar-refractivity contribution < 1.29 is 35.5 Å². The second kappa shape index (κ2) is 8.11. The second-order valence-electron chi connectivity index (χ2n) is 6.77. The van der Waals surface area contributed by atoms with Crippen LogP contribution in [0.1, 0.15) is 11.1 Å². The lowest BCUT2D eigenvalue weighted by molar-refractivity contribution is 0.250. The van der Waals surface area contributed by atoms with E-state index in [1.807, 2.05) is 0 Å². The quantitative estimate of drug-likeness (QED) is 0.335. The van der Waals surface area contributed by atoms with E-state index in [1.165, 1.54) is 24.4 Å². The zero-order chi connectivity index (χ0) is 23.0. The van der Waals surface area contributed by atoms with Gasteiger partial charge in [0.2, 0.25) is 0 Å². The SMILES string of the molecule is O=C1NCc2c(Oc3ccc(CS(=O)(=O)c4cc(F)c(F)c(F)c4)cc3F)ccnc2N1. The van der Waals surface area contributed by atoms with Crippen LogP contribution in [0.5, 0.6) is 11.5 Å². The van der Waals surface area contributed by atoms with Gasteiger partial charge in [-0.25, -0.2) is 35.8 Å². The van der Waals surface area contributed by atoms with Crippen LogP contribution < -0.4 is 15.4 Å². The normalized spacial score (nSPS) is 13.2. The van der Waals surface area contributed by atoms with Gasteiger partial charge in [-0.05, 0) is 35.9 Å². The topological polar surface area (TPSA) is 97.4 Å². The fraction of sp³-hybridized carbons (Fsp3) is 0.100. The van der Waals surface area contributed by atoms with Crippen molar-refractivity contribution in [1.29, 1.82) is 0 Å². The van der Waals surface area contributed by atoms with Gasteiger partial charge in [-0.15, -0.1) is 0 Å². The molecule has 166 valence electrons. The smallest absolute Gasteiger partial charge is 0.320 e. The van der Waals surface area contributed by atoms with E-state index in [4.69, 9.17) is 4.74 Å². The van der Waals surface area contributed by atoms with Gasteiger partial charge in [0.15, 0.2) is 38.9 Å². The summed E-state index contributed by atoms with van der Waals surface area (Å²) in [5.41, 5.74) is 0.462. The number of carbonyl (C=O) groups is 1. The summed E-state index contributed by atoms with van der Waals surface area (Å²) in [6.07, 6.45) is 1.36. The van der Waals surface area contributed by atoms with Crippen LogP contribution in [0.15, 0.2) is 47.5 Å². The molecule has 0 atom stereocenters. The summed E-state index contributed by atoms with van der Waals surface area (Å²) in [5.74, 6) is -6.51. The number of amides is 2. The maximum absolute atomic E-state index is 14.6. The Kier molecular flexibility index (Phi) is 5.46. The molecule has 0 saturated heterocycles. The van der Waals surface area contributed by atoms with Crippen LogP contribution >= 0.6 is 0 Å². The molecule has 12 heteroatoms. The van der Waals surface area contributed by atoms with Gasteiger partial charge in [-0.3, -0.25) is 5.32 Å². The highest BCUT2D eigenvalue weighted by atomic mass is 32.2. The molecule has 32 heavy (non-hydrogen) atoms. The second-order valence-corrected chi connectivity index (χ2v) is 8.76. The summed E-state index contributed by atoms with van der Waals surface area (Å²) in [6.45, 7) is 0.104. The maximum Gasteiger partial charge on any atom is 0.320 e. The number of nitrogens with zero attached hydrogens (tertiary/aromatic N) is 1. The van der Waals surface area contributed by atoms with Crippen molar-refractivity contribution in [2.24, 2.45) is 0 Å². The molecule has 0 unspecified atom stereocenters. The Bertz CT molecular complexity index is 1330. The third kappa shape index (κ3) is 4.21. The largest absolute Gasteiger partial charge is 0.454 e. The van der Waals surface area contributed by atoms with Crippen LogP contribution in [-0.4, -0.2) is 19.4 Å². The van der Waals surface area contributed by atoms with Gasteiger partial charge < -0.3 is 10.1 Å². The number of hydrogen-bond acceptors (Lipinski definition) is 5. The van der Waals surface area contributed by atoms with Crippen LogP contribution in [-0.2, 0) is 22.1 Å². The molecule has 1 aromatic heterocycles. The highest BCUT2D eigenvalue weighted by molar-refractivity contribution is 7.90. The summed E-state index contributed by atoms with van der Waals surface area (Å²) in [4.78, 5) is 14.6. The van der Waals surface area contributed by atoms with Gasteiger partial charge in [0.25, 0.3) is 0 Å². The van der Waals surface area contributed by atoms with Crippen molar-refractivity contribution in [3.05, 3.63) is 77.0 Å². The molecule has 0 spiro atoms. The Hall–Kier alpha value is -3.67. The lowest BCUT2D eigenvalue weighted by Crippen LogP contribution is -2.34. The van der Waals surface area contributed by atoms with Crippen LogP contribution in [0.4, 0.5) is 28.2 Å². The first-order valence-corrected chi connectivity index (χ1v) is 10.7. The molecule has 0 aliphatic carbocycles.